The van der Waals surface area contributed by atoms with Crippen molar-refractivity contribution in [3.05, 3.63) is 0 Å². The highest BCUT2D eigenvalue weighted by Crippen LogP contribution is 2.45. The maximum atomic E-state index is 13.1. The van der Waals surface area contributed by atoms with Crippen molar-refractivity contribution in [1.82, 2.24) is 0 Å². The molecule has 105 heavy (non-hydrogen) atoms. The van der Waals surface area contributed by atoms with Crippen molar-refractivity contribution in [2.24, 2.45) is 23.7 Å². The average molecular weight is 1540 g/mol. The number of hydrogen-bond donors (Lipinski definition) is 3. The molecule has 3 N–H and O–H groups in total. The van der Waals surface area contributed by atoms with Crippen molar-refractivity contribution in [1.29, 1.82) is 0 Å². The number of carbonyl (C=O) groups excluding carboxylic acids is 4. The van der Waals surface area contributed by atoms with Crippen LogP contribution in [-0.4, -0.2) is 96.7 Å². The van der Waals surface area contributed by atoms with Crippen molar-refractivity contribution in [2.45, 2.75) is 465 Å². The number of esters is 4. The molecule has 17 nitrogen and oxygen atoms in total. The molecule has 0 aromatic rings. The molecular formula is C86H168O17P2. The van der Waals surface area contributed by atoms with E-state index in [-0.39, 0.29) is 25.7 Å². The first-order valence-corrected chi connectivity index (χ1v) is 47.3. The summed E-state index contributed by atoms with van der Waals surface area (Å²) >= 11 is 0. The number of carbonyl (C=O) groups is 4. The number of aliphatic hydroxyl groups is 1. The van der Waals surface area contributed by atoms with Crippen LogP contribution in [0.4, 0.5) is 0 Å². The highest BCUT2D eigenvalue weighted by atomic mass is 31.2. The minimum absolute atomic E-state index is 0.105. The molecular weight excluding hydrogens is 1370 g/mol. The Morgan fingerprint density at radius 2 is 0.457 bits per heavy atom. The number of phosphoric acid groups is 2. The number of unbranched alkanes of at least 4 members (excludes halogenated alkanes) is 47. The van der Waals surface area contributed by atoms with Crippen LogP contribution in [0.25, 0.3) is 0 Å². The first kappa shape index (κ1) is 103. The van der Waals surface area contributed by atoms with Crippen LogP contribution in [0.5, 0.6) is 0 Å². The number of hydrogen-bond acceptors (Lipinski definition) is 15. The Hall–Kier alpha value is -1.94. The molecule has 0 aliphatic carbocycles. The molecule has 0 saturated heterocycles. The van der Waals surface area contributed by atoms with E-state index in [1.807, 2.05) is 0 Å². The van der Waals surface area contributed by atoms with Crippen LogP contribution in [0.2, 0.25) is 0 Å². The molecule has 0 amide bonds. The first-order chi connectivity index (χ1) is 50.7. The topological polar surface area (TPSA) is 237 Å². The maximum Gasteiger partial charge on any atom is 0.472 e. The minimum atomic E-state index is -4.97. The lowest BCUT2D eigenvalue weighted by Gasteiger charge is -2.21. The van der Waals surface area contributed by atoms with Crippen LogP contribution in [0.1, 0.15) is 447 Å². The van der Waals surface area contributed by atoms with E-state index in [4.69, 9.17) is 37.0 Å². The third kappa shape index (κ3) is 77.2. The van der Waals surface area contributed by atoms with Gasteiger partial charge in [0.1, 0.15) is 19.3 Å². The summed E-state index contributed by atoms with van der Waals surface area (Å²) in [6.07, 6.45) is 63.9. The van der Waals surface area contributed by atoms with Crippen LogP contribution in [0.15, 0.2) is 0 Å². The molecule has 19 heteroatoms. The molecule has 0 aromatic heterocycles. The zero-order valence-electron chi connectivity index (χ0n) is 69.4. The van der Waals surface area contributed by atoms with Gasteiger partial charge in [0, 0.05) is 25.7 Å². The summed E-state index contributed by atoms with van der Waals surface area (Å²) in [6, 6.07) is 0. The number of ether oxygens (including phenoxy) is 4. The van der Waals surface area contributed by atoms with Gasteiger partial charge >= 0.3 is 39.5 Å². The Morgan fingerprint density at radius 3 is 0.676 bits per heavy atom. The molecule has 0 bridgehead atoms. The SMILES string of the molecule is CCC(C)CCCCCCCCCCCCCCCCCCCCC(=O)OC[C@H](COP(=O)(O)OCC(O)COP(=O)(O)OC[C@@H](COC(=O)CCCCCCCCCC(C)C)OC(=O)CCCCCCCCCCCCC(C)CC)OC(=O)CCCCCCCCCCCCCCCCCCC(C)C. The van der Waals surface area contributed by atoms with Gasteiger partial charge in [0.25, 0.3) is 0 Å². The molecule has 0 aliphatic heterocycles. The van der Waals surface area contributed by atoms with Crippen molar-refractivity contribution >= 4 is 39.5 Å². The molecule has 5 unspecified atom stereocenters. The van der Waals surface area contributed by atoms with Gasteiger partial charge < -0.3 is 33.8 Å². The lowest BCUT2D eigenvalue weighted by molar-refractivity contribution is -0.161. The second kappa shape index (κ2) is 74.8. The van der Waals surface area contributed by atoms with E-state index in [2.05, 4.69) is 55.4 Å². The molecule has 0 fully saturated rings. The Labute approximate surface area is 645 Å². The van der Waals surface area contributed by atoms with Gasteiger partial charge in [0.15, 0.2) is 12.2 Å². The Morgan fingerprint density at radius 1 is 0.267 bits per heavy atom. The maximum absolute atomic E-state index is 13.1. The van der Waals surface area contributed by atoms with E-state index in [0.717, 1.165) is 114 Å². The summed E-state index contributed by atoms with van der Waals surface area (Å²) in [5.41, 5.74) is 0. The second-order valence-electron chi connectivity index (χ2n) is 32.4. The van der Waals surface area contributed by atoms with Crippen molar-refractivity contribution in [3.8, 4) is 0 Å². The van der Waals surface area contributed by atoms with Crippen LogP contribution in [0.3, 0.4) is 0 Å². The summed E-state index contributed by atoms with van der Waals surface area (Å²) in [7, 11) is -9.93. The molecule has 0 aromatic carbocycles. The summed E-state index contributed by atoms with van der Waals surface area (Å²) in [4.78, 5) is 73.2. The van der Waals surface area contributed by atoms with Gasteiger partial charge in [-0.3, -0.25) is 37.3 Å². The molecule has 7 atom stereocenters. The molecule has 0 rings (SSSR count). The Kier molecular flexibility index (Phi) is 73.4. The molecule has 0 saturated carbocycles. The van der Waals surface area contributed by atoms with Crippen LogP contribution < -0.4 is 0 Å². The Bertz CT molecular complexity index is 2050. The van der Waals surface area contributed by atoms with Gasteiger partial charge in [-0.1, -0.05) is 396 Å². The predicted octanol–water partition coefficient (Wildman–Crippen LogP) is 25.9. The fraction of sp³-hybridized carbons (Fsp3) is 0.953. The highest BCUT2D eigenvalue weighted by Gasteiger charge is 2.31. The summed E-state index contributed by atoms with van der Waals surface area (Å²) in [5, 5.41) is 10.7. The van der Waals surface area contributed by atoms with Gasteiger partial charge in [0.2, 0.25) is 0 Å². The predicted molar refractivity (Wildman–Crippen MR) is 432 cm³/mol. The van der Waals surface area contributed by atoms with Gasteiger partial charge in [-0.25, -0.2) is 9.13 Å². The van der Waals surface area contributed by atoms with Gasteiger partial charge in [-0.15, -0.1) is 0 Å². The summed E-state index contributed by atoms with van der Waals surface area (Å²) in [5.74, 6) is 1.08. The molecule has 624 valence electrons. The van der Waals surface area contributed by atoms with Crippen LogP contribution in [0, 0.1) is 23.7 Å². The lowest BCUT2D eigenvalue weighted by atomic mass is 9.99. The second-order valence-corrected chi connectivity index (χ2v) is 35.3. The van der Waals surface area contributed by atoms with Crippen molar-refractivity contribution in [2.75, 3.05) is 39.6 Å². The summed E-state index contributed by atoms with van der Waals surface area (Å²) < 4.78 is 68.9. The third-order valence-electron chi connectivity index (χ3n) is 20.8. The lowest BCUT2D eigenvalue weighted by Crippen LogP contribution is -2.30. The van der Waals surface area contributed by atoms with Crippen molar-refractivity contribution < 1.29 is 80.2 Å². The standard InChI is InChI=1S/C86H168O17P2/c1-9-78(7)64-56-48-40-32-26-22-18-13-11-12-14-19-23-27-34-42-50-58-66-83(88)96-72-81(102-85(90)68-60-52-43-35-28-24-20-16-15-17-21-25-31-38-46-54-62-76(3)4)74-100-104(92,93)98-70-80(87)71-99-105(94,95)101-75-82(73-97-84(89)67-59-51-45-37-39-47-55-63-77(5)6)103-86(91)69-61-53-44-36-30-29-33-41-49-57-65-79(8)10-2/h76-82,87H,9-75H2,1-8H3,(H,92,93)(H,94,95)/t78?,79?,80?,81-,82-/m1/s1. The van der Waals surface area contributed by atoms with E-state index in [9.17, 15) is 43.2 Å². The van der Waals surface area contributed by atoms with Crippen molar-refractivity contribution in [3.63, 3.8) is 0 Å². The zero-order chi connectivity index (χ0) is 77.4. The van der Waals surface area contributed by atoms with Gasteiger partial charge in [-0.2, -0.15) is 0 Å². The normalized spacial score (nSPS) is 14.4. The number of rotatable bonds is 83. The fourth-order valence-corrected chi connectivity index (χ4v) is 14.8. The fourth-order valence-electron chi connectivity index (χ4n) is 13.3. The molecule has 0 spiro atoms. The largest absolute Gasteiger partial charge is 0.472 e. The monoisotopic (exact) mass is 1540 g/mol. The summed E-state index contributed by atoms with van der Waals surface area (Å²) in [6.45, 7) is 14.3. The van der Waals surface area contributed by atoms with Crippen LogP contribution in [-0.2, 0) is 65.4 Å². The van der Waals surface area contributed by atoms with Gasteiger partial charge in [0.05, 0.1) is 26.4 Å². The average Bonchev–Trinajstić information content (AvgIpc) is 0.907. The van der Waals surface area contributed by atoms with E-state index < -0.39 is 97.5 Å². The molecule has 0 radical (unpaired) electrons. The highest BCUT2D eigenvalue weighted by molar-refractivity contribution is 7.47. The third-order valence-corrected chi connectivity index (χ3v) is 22.7. The van der Waals surface area contributed by atoms with Crippen LogP contribution >= 0.6 is 15.6 Å². The molecule has 0 aliphatic rings. The van der Waals surface area contributed by atoms with E-state index in [0.29, 0.717) is 31.6 Å². The first-order valence-electron chi connectivity index (χ1n) is 44.3. The smallest absolute Gasteiger partial charge is 0.462 e. The Balaban J connectivity index is 5.22. The quantitative estimate of drug-likeness (QED) is 0.0222. The number of phosphoric ester groups is 2. The van der Waals surface area contributed by atoms with E-state index in [1.54, 1.807) is 0 Å². The molecule has 0 heterocycles. The minimum Gasteiger partial charge on any atom is -0.462 e. The van der Waals surface area contributed by atoms with E-state index >= 15 is 0 Å². The zero-order valence-corrected chi connectivity index (χ0v) is 71.2. The number of aliphatic hydroxyl groups excluding tert-OH is 1. The van der Waals surface area contributed by atoms with E-state index in [1.165, 1.54) is 244 Å². The van der Waals surface area contributed by atoms with Gasteiger partial charge in [-0.05, 0) is 49.4 Å².